The third kappa shape index (κ3) is 2.86. The lowest BCUT2D eigenvalue weighted by Crippen LogP contribution is -2.51. The number of carbonyl (C=O) groups is 1. The maximum absolute atomic E-state index is 12.0. The van der Waals surface area contributed by atoms with E-state index in [2.05, 4.69) is 39.8 Å². The van der Waals surface area contributed by atoms with Crippen LogP contribution in [0.3, 0.4) is 0 Å². The normalized spacial score (nSPS) is 38.8. The summed E-state index contributed by atoms with van der Waals surface area (Å²) in [5, 5.41) is 0. The molecule has 0 saturated heterocycles. The second-order valence-corrected chi connectivity index (χ2v) is 9.22. The lowest BCUT2D eigenvalue weighted by molar-refractivity contribution is -0.148. The van der Waals surface area contributed by atoms with Gasteiger partial charge in [-0.05, 0) is 66.3 Å². The molecular weight excluding hydrogens is 296 g/mol. The van der Waals surface area contributed by atoms with Gasteiger partial charge in [-0.3, -0.25) is 4.79 Å². The molecule has 3 rings (SSSR count). The smallest absolute Gasteiger partial charge is 0.306 e. The quantitative estimate of drug-likeness (QED) is 0.622. The number of hydrogen-bond acceptors (Lipinski definition) is 2. The van der Waals surface area contributed by atoms with Crippen LogP contribution in [0.5, 0.6) is 0 Å². The highest BCUT2D eigenvalue weighted by Gasteiger charge is 2.55. The number of rotatable bonds is 3. The van der Waals surface area contributed by atoms with Crippen LogP contribution in [-0.4, -0.2) is 13.1 Å². The molecule has 0 N–H and O–H groups in total. The third-order valence-corrected chi connectivity index (χ3v) is 7.45. The predicted octanol–water partition coefficient (Wildman–Crippen LogP) is 5.68. The SMILES string of the molecule is COC(=O)CC1(C)CCCC2(C)C3CC=C(C(C)C)C=C3CCC12. The lowest BCUT2D eigenvalue weighted by Gasteiger charge is -2.59. The first-order valence-electron chi connectivity index (χ1n) is 9.77. The molecule has 2 nitrogen and oxygen atoms in total. The molecule has 0 aromatic rings. The number of fused-ring (bicyclic) bond motifs is 3. The zero-order valence-electron chi connectivity index (χ0n) is 16.2. The Hall–Kier alpha value is -1.05. The molecule has 0 aromatic heterocycles. The van der Waals surface area contributed by atoms with E-state index in [0.717, 1.165) is 0 Å². The molecule has 24 heavy (non-hydrogen) atoms. The standard InChI is InChI=1S/C22H34O2/c1-15(2)16-7-9-18-17(13-16)8-10-19-21(3,14-20(23)24-5)11-6-12-22(18,19)4/h7,13,15,18-19H,6,8-12,14H2,1-5H3. The number of ether oxygens (including phenoxy) is 1. The van der Waals surface area contributed by atoms with E-state index in [1.54, 1.807) is 5.57 Å². The monoisotopic (exact) mass is 330 g/mol. The van der Waals surface area contributed by atoms with Gasteiger partial charge in [-0.15, -0.1) is 0 Å². The first-order chi connectivity index (χ1) is 11.3. The fourth-order valence-electron chi connectivity index (χ4n) is 6.16. The van der Waals surface area contributed by atoms with Crippen LogP contribution in [0, 0.1) is 28.6 Å². The van der Waals surface area contributed by atoms with E-state index in [0.29, 0.717) is 29.6 Å². The molecule has 2 saturated carbocycles. The Kier molecular flexibility index (Phi) is 4.70. The average molecular weight is 331 g/mol. The average Bonchev–Trinajstić information content (AvgIpc) is 2.53. The van der Waals surface area contributed by atoms with E-state index >= 15 is 0 Å². The molecular formula is C22H34O2. The summed E-state index contributed by atoms with van der Waals surface area (Å²) in [6.45, 7) is 9.45. The van der Waals surface area contributed by atoms with Crippen LogP contribution in [0.4, 0.5) is 0 Å². The number of carbonyl (C=O) groups excluding carboxylic acids is 1. The molecule has 3 aliphatic carbocycles. The van der Waals surface area contributed by atoms with Gasteiger partial charge in [0.2, 0.25) is 0 Å². The van der Waals surface area contributed by atoms with Crippen molar-refractivity contribution >= 4 is 5.97 Å². The minimum Gasteiger partial charge on any atom is -0.469 e. The second kappa shape index (κ2) is 6.35. The number of methoxy groups -OCH3 is 1. The summed E-state index contributed by atoms with van der Waals surface area (Å²) in [5.74, 6) is 1.90. The Bertz CT molecular complexity index is 571. The van der Waals surface area contributed by atoms with Crippen LogP contribution in [0.2, 0.25) is 0 Å². The molecule has 0 aliphatic heterocycles. The Morgan fingerprint density at radius 1 is 1.33 bits per heavy atom. The number of esters is 1. The second-order valence-electron chi connectivity index (χ2n) is 9.22. The van der Waals surface area contributed by atoms with Crippen molar-refractivity contribution in [1.29, 1.82) is 0 Å². The number of hydrogen-bond donors (Lipinski definition) is 0. The summed E-state index contributed by atoms with van der Waals surface area (Å²) in [7, 11) is 1.52. The highest BCUT2D eigenvalue weighted by atomic mass is 16.5. The minimum absolute atomic E-state index is 0.0336. The summed E-state index contributed by atoms with van der Waals surface area (Å²) in [5.41, 5.74) is 3.65. The number of allylic oxidation sites excluding steroid dienone is 4. The van der Waals surface area contributed by atoms with Gasteiger partial charge < -0.3 is 4.74 Å². The summed E-state index contributed by atoms with van der Waals surface area (Å²) in [6.07, 6.45) is 12.9. The van der Waals surface area contributed by atoms with Crippen molar-refractivity contribution in [3.8, 4) is 0 Å². The fraction of sp³-hybridized carbons (Fsp3) is 0.773. The maximum atomic E-state index is 12.0. The lowest BCUT2D eigenvalue weighted by atomic mass is 9.45. The van der Waals surface area contributed by atoms with Gasteiger partial charge in [-0.1, -0.05) is 51.8 Å². The van der Waals surface area contributed by atoms with Crippen LogP contribution in [-0.2, 0) is 9.53 Å². The van der Waals surface area contributed by atoms with Gasteiger partial charge in [0.15, 0.2) is 0 Å². The summed E-state index contributed by atoms with van der Waals surface area (Å²) in [4.78, 5) is 12.0. The van der Waals surface area contributed by atoms with E-state index in [1.165, 1.54) is 51.2 Å². The highest BCUT2D eigenvalue weighted by molar-refractivity contribution is 5.70. The Morgan fingerprint density at radius 3 is 2.75 bits per heavy atom. The summed E-state index contributed by atoms with van der Waals surface area (Å²) in [6, 6.07) is 0. The van der Waals surface area contributed by atoms with Crippen LogP contribution in [0.1, 0.15) is 72.6 Å². The third-order valence-electron chi connectivity index (χ3n) is 7.45. The van der Waals surface area contributed by atoms with Crippen LogP contribution >= 0.6 is 0 Å². The molecule has 4 unspecified atom stereocenters. The fourth-order valence-corrected chi connectivity index (χ4v) is 6.16. The molecule has 2 fully saturated rings. The predicted molar refractivity (Wildman–Crippen MR) is 98.5 cm³/mol. The summed E-state index contributed by atoms with van der Waals surface area (Å²) < 4.78 is 5.02. The topological polar surface area (TPSA) is 26.3 Å². The van der Waals surface area contributed by atoms with Crippen molar-refractivity contribution in [1.82, 2.24) is 0 Å². The molecule has 4 atom stereocenters. The maximum Gasteiger partial charge on any atom is 0.306 e. The van der Waals surface area contributed by atoms with E-state index < -0.39 is 0 Å². The van der Waals surface area contributed by atoms with Gasteiger partial charge in [0.1, 0.15) is 0 Å². The Morgan fingerprint density at radius 2 is 2.08 bits per heavy atom. The first kappa shape index (κ1) is 17.8. The molecule has 3 aliphatic rings. The zero-order valence-corrected chi connectivity index (χ0v) is 16.2. The van der Waals surface area contributed by atoms with Gasteiger partial charge in [0, 0.05) is 0 Å². The van der Waals surface area contributed by atoms with Crippen molar-refractivity contribution in [2.24, 2.45) is 28.6 Å². The molecule has 0 radical (unpaired) electrons. The van der Waals surface area contributed by atoms with E-state index in [1.807, 2.05) is 0 Å². The van der Waals surface area contributed by atoms with Crippen LogP contribution in [0.15, 0.2) is 23.3 Å². The van der Waals surface area contributed by atoms with Crippen molar-refractivity contribution in [2.45, 2.75) is 72.6 Å². The van der Waals surface area contributed by atoms with Crippen molar-refractivity contribution in [3.63, 3.8) is 0 Å². The van der Waals surface area contributed by atoms with Gasteiger partial charge in [0.25, 0.3) is 0 Å². The van der Waals surface area contributed by atoms with Crippen molar-refractivity contribution in [3.05, 3.63) is 23.3 Å². The zero-order chi connectivity index (χ0) is 17.5. The van der Waals surface area contributed by atoms with Gasteiger partial charge >= 0.3 is 5.97 Å². The van der Waals surface area contributed by atoms with Crippen LogP contribution < -0.4 is 0 Å². The van der Waals surface area contributed by atoms with Gasteiger partial charge in [-0.25, -0.2) is 0 Å². The summed E-state index contributed by atoms with van der Waals surface area (Å²) >= 11 is 0. The molecule has 0 amide bonds. The van der Waals surface area contributed by atoms with Crippen LogP contribution in [0.25, 0.3) is 0 Å². The molecule has 134 valence electrons. The molecule has 2 heteroatoms. The molecule has 0 aromatic carbocycles. The Labute approximate surface area is 147 Å². The van der Waals surface area contributed by atoms with E-state index in [9.17, 15) is 4.79 Å². The van der Waals surface area contributed by atoms with Gasteiger partial charge in [0.05, 0.1) is 13.5 Å². The van der Waals surface area contributed by atoms with E-state index in [-0.39, 0.29) is 11.4 Å². The Balaban J connectivity index is 1.88. The highest BCUT2D eigenvalue weighted by Crippen LogP contribution is 2.63. The molecule has 0 heterocycles. The first-order valence-corrected chi connectivity index (χ1v) is 9.77. The molecule has 0 bridgehead atoms. The van der Waals surface area contributed by atoms with Crippen molar-refractivity contribution < 1.29 is 9.53 Å². The molecule has 0 spiro atoms. The van der Waals surface area contributed by atoms with Gasteiger partial charge in [-0.2, -0.15) is 0 Å². The van der Waals surface area contributed by atoms with Crippen molar-refractivity contribution in [2.75, 3.05) is 7.11 Å². The largest absolute Gasteiger partial charge is 0.469 e. The van der Waals surface area contributed by atoms with E-state index in [4.69, 9.17) is 4.74 Å². The minimum atomic E-state index is -0.0336.